The Morgan fingerprint density at radius 2 is 2.06 bits per heavy atom. The number of halogens is 2. The van der Waals surface area contributed by atoms with E-state index >= 15 is 0 Å². The van der Waals surface area contributed by atoms with Crippen molar-refractivity contribution in [3.63, 3.8) is 0 Å². The molecule has 0 radical (unpaired) electrons. The average molecular weight is 259 g/mol. The largest absolute Gasteiger partial charge is 0.385 e. The molecule has 94 valence electrons. The van der Waals surface area contributed by atoms with Crippen molar-refractivity contribution in [3.05, 3.63) is 34.6 Å². The van der Waals surface area contributed by atoms with E-state index in [1.54, 1.807) is 26.8 Å². The topological polar surface area (TPSA) is 37.3 Å². The summed E-state index contributed by atoms with van der Waals surface area (Å²) in [6.45, 7) is 5.33. The third kappa shape index (κ3) is 3.79. The molecule has 0 aliphatic heterocycles. The van der Waals surface area contributed by atoms with Crippen LogP contribution in [0.3, 0.4) is 0 Å². The fraction of sp³-hybridized carbons (Fsp3) is 0.462. The summed E-state index contributed by atoms with van der Waals surface area (Å²) in [5.41, 5.74) is 0.00222. The van der Waals surface area contributed by atoms with Crippen molar-refractivity contribution in [2.24, 2.45) is 5.41 Å². The van der Waals surface area contributed by atoms with Gasteiger partial charge in [0.05, 0.1) is 5.02 Å². The Bertz CT molecular complexity index is 424. The van der Waals surface area contributed by atoms with Gasteiger partial charge in [0.2, 0.25) is 0 Å². The van der Waals surface area contributed by atoms with Gasteiger partial charge in [0.15, 0.2) is 5.78 Å². The first-order chi connectivity index (χ1) is 7.71. The lowest BCUT2D eigenvalue weighted by atomic mass is 9.85. The van der Waals surface area contributed by atoms with Crippen molar-refractivity contribution in [2.45, 2.75) is 33.3 Å². The van der Waals surface area contributed by atoms with Crippen LogP contribution in [0.15, 0.2) is 18.2 Å². The minimum atomic E-state index is -1.05. The predicted octanol–water partition coefficient (Wildman–Crippen LogP) is 3.00. The molecule has 1 aromatic rings. The van der Waals surface area contributed by atoms with Crippen LogP contribution in [0, 0.1) is 11.2 Å². The van der Waals surface area contributed by atoms with Gasteiger partial charge in [-0.15, -0.1) is 0 Å². The maximum Gasteiger partial charge on any atom is 0.166 e. The minimum absolute atomic E-state index is 0.00647. The molecule has 0 aliphatic rings. The Morgan fingerprint density at radius 1 is 1.47 bits per heavy atom. The van der Waals surface area contributed by atoms with E-state index in [-0.39, 0.29) is 17.2 Å². The number of carbonyl (C=O) groups is 1. The molecule has 0 amide bonds. The fourth-order valence-electron chi connectivity index (χ4n) is 1.43. The summed E-state index contributed by atoms with van der Waals surface area (Å²) in [4.78, 5) is 11.7. The van der Waals surface area contributed by atoms with Crippen LogP contribution < -0.4 is 0 Å². The van der Waals surface area contributed by atoms with Crippen LogP contribution in [0.5, 0.6) is 0 Å². The summed E-state index contributed by atoms with van der Waals surface area (Å²) in [5, 5.41) is 9.80. The van der Waals surface area contributed by atoms with Crippen LogP contribution in [0.4, 0.5) is 4.39 Å². The summed E-state index contributed by atoms with van der Waals surface area (Å²) in [6, 6.07) is 4.21. The van der Waals surface area contributed by atoms with Gasteiger partial charge in [-0.25, -0.2) is 4.39 Å². The van der Waals surface area contributed by atoms with Crippen molar-refractivity contribution >= 4 is 17.4 Å². The molecule has 2 nitrogen and oxygen atoms in total. The Balaban J connectivity index is 2.78. The standard InChI is InChI=1S/C13H16ClFO2/c1-13(2,3)12(17)11(16)7-8-4-5-9(14)10(15)6-8/h4-6,12,17H,7H2,1-3H3. The zero-order valence-corrected chi connectivity index (χ0v) is 10.9. The van der Waals surface area contributed by atoms with E-state index in [2.05, 4.69) is 0 Å². The maximum absolute atomic E-state index is 13.2. The first kappa shape index (κ1) is 14.1. The van der Waals surface area contributed by atoms with E-state index in [1.165, 1.54) is 12.1 Å². The highest BCUT2D eigenvalue weighted by atomic mass is 35.5. The highest BCUT2D eigenvalue weighted by Crippen LogP contribution is 2.22. The van der Waals surface area contributed by atoms with Crippen molar-refractivity contribution in [3.8, 4) is 0 Å². The molecule has 0 fully saturated rings. The lowest BCUT2D eigenvalue weighted by Gasteiger charge is -2.24. The number of rotatable bonds is 3. The molecule has 1 unspecified atom stereocenters. The quantitative estimate of drug-likeness (QED) is 0.905. The van der Waals surface area contributed by atoms with Crippen LogP contribution in [0.25, 0.3) is 0 Å². The number of hydrogen-bond acceptors (Lipinski definition) is 2. The SMILES string of the molecule is CC(C)(C)C(O)C(=O)Cc1ccc(Cl)c(F)c1. The van der Waals surface area contributed by atoms with E-state index < -0.39 is 17.3 Å². The zero-order valence-electron chi connectivity index (χ0n) is 10.1. The van der Waals surface area contributed by atoms with Crippen molar-refractivity contribution < 1.29 is 14.3 Å². The van der Waals surface area contributed by atoms with Gasteiger partial charge in [0, 0.05) is 6.42 Å². The number of Topliss-reactive ketones (excluding diaryl/α,β-unsaturated/α-hetero) is 1. The van der Waals surface area contributed by atoms with Gasteiger partial charge in [-0.05, 0) is 23.1 Å². The summed E-state index contributed by atoms with van der Waals surface area (Å²) >= 11 is 5.54. The van der Waals surface area contributed by atoms with Gasteiger partial charge >= 0.3 is 0 Å². The number of benzene rings is 1. The number of ketones is 1. The normalized spacial score (nSPS) is 13.5. The van der Waals surface area contributed by atoms with Gasteiger partial charge in [0.25, 0.3) is 0 Å². The van der Waals surface area contributed by atoms with Crippen LogP contribution in [-0.2, 0) is 11.2 Å². The van der Waals surface area contributed by atoms with Crippen molar-refractivity contribution in [1.82, 2.24) is 0 Å². The van der Waals surface area contributed by atoms with Gasteiger partial charge < -0.3 is 5.11 Å². The third-order valence-corrected chi connectivity index (χ3v) is 2.79. The molecule has 0 saturated carbocycles. The highest BCUT2D eigenvalue weighted by molar-refractivity contribution is 6.30. The summed E-state index contributed by atoms with van der Waals surface area (Å²) < 4.78 is 13.2. The molecule has 4 heteroatoms. The van der Waals surface area contributed by atoms with E-state index in [0.29, 0.717) is 5.56 Å². The molecule has 0 bridgehead atoms. The Labute approximate surface area is 105 Å². The molecule has 1 aromatic carbocycles. The van der Waals surface area contributed by atoms with E-state index in [0.717, 1.165) is 0 Å². The van der Waals surface area contributed by atoms with Crippen molar-refractivity contribution in [2.75, 3.05) is 0 Å². The van der Waals surface area contributed by atoms with Gasteiger partial charge in [0.1, 0.15) is 11.9 Å². The first-order valence-electron chi connectivity index (χ1n) is 5.36. The van der Waals surface area contributed by atoms with Crippen molar-refractivity contribution in [1.29, 1.82) is 0 Å². The van der Waals surface area contributed by atoms with Gasteiger partial charge in [-0.1, -0.05) is 38.4 Å². The maximum atomic E-state index is 13.2. The molecule has 0 spiro atoms. The molecule has 1 atom stereocenters. The molecule has 1 N–H and O–H groups in total. The van der Waals surface area contributed by atoms with Crippen LogP contribution in [0.1, 0.15) is 26.3 Å². The second-order valence-electron chi connectivity index (χ2n) is 5.16. The minimum Gasteiger partial charge on any atom is -0.385 e. The lowest BCUT2D eigenvalue weighted by Crippen LogP contribution is -2.35. The van der Waals surface area contributed by atoms with Gasteiger partial charge in [-0.3, -0.25) is 4.79 Å². The van der Waals surface area contributed by atoms with Crippen LogP contribution in [-0.4, -0.2) is 17.0 Å². The third-order valence-electron chi connectivity index (χ3n) is 2.49. The van der Waals surface area contributed by atoms with E-state index in [4.69, 9.17) is 11.6 Å². The number of carbonyl (C=O) groups excluding carboxylic acids is 1. The summed E-state index contributed by atoms with van der Waals surface area (Å²) in [5.74, 6) is -0.874. The molecule has 1 rings (SSSR count). The number of aliphatic hydroxyl groups is 1. The summed E-state index contributed by atoms with van der Waals surface area (Å²) in [7, 11) is 0. The second-order valence-corrected chi connectivity index (χ2v) is 5.57. The molecular formula is C13H16ClFO2. The Hall–Kier alpha value is -0.930. The zero-order chi connectivity index (χ0) is 13.2. The Kier molecular flexibility index (Phi) is 4.28. The molecule has 0 heterocycles. The molecular weight excluding hydrogens is 243 g/mol. The number of hydrogen-bond donors (Lipinski definition) is 1. The van der Waals surface area contributed by atoms with Crippen LogP contribution in [0.2, 0.25) is 5.02 Å². The molecule has 0 aliphatic carbocycles. The number of aliphatic hydroxyl groups excluding tert-OH is 1. The summed E-state index contributed by atoms with van der Waals surface area (Å²) in [6.07, 6.45) is -1.05. The van der Waals surface area contributed by atoms with E-state index in [9.17, 15) is 14.3 Å². The van der Waals surface area contributed by atoms with Crippen LogP contribution >= 0.6 is 11.6 Å². The first-order valence-corrected chi connectivity index (χ1v) is 5.74. The average Bonchev–Trinajstić information content (AvgIpc) is 2.21. The van der Waals surface area contributed by atoms with E-state index in [1.807, 2.05) is 0 Å². The second kappa shape index (κ2) is 5.15. The molecule has 17 heavy (non-hydrogen) atoms. The Morgan fingerprint density at radius 3 is 2.53 bits per heavy atom. The highest BCUT2D eigenvalue weighted by Gasteiger charge is 2.28. The smallest absolute Gasteiger partial charge is 0.166 e. The fourth-order valence-corrected chi connectivity index (χ4v) is 1.55. The molecule has 0 saturated heterocycles. The molecule has 0 aromatic heterocycles. The monoisotopic (exact) mass is 258 g/mol. The van der Waals surface area contributed by atoms with Gasteiger partial charge in [-0.2, -0.15) is 0 Å². The predicted molar refractivity (Wildman–Crippen MR) is 65.6 cm³/mol. The lowest BCUT2D eigenvalue weighted by molar-refractivity contribution is -0.131.